The molecule has 0 N–H and O–H groups in total. The van der Waals surface area contributed by atoms with Crippen LogP contribution in [0.25, 0.3) is 6.08 Å². The molecule has 5 rings (SSSR count). The molecule has 0 radical (unpaired) electrons. The molecule has 30 heavy (non-hydrogen) atoms. The van der Waals surface area contributed by atoms with Crippen LogP contribution in [0.5, 0.6) is 11.5 Å². The number of rotatable bonds is 3. The van der Waals surface area contributed by atoms with Crippen LogP contribution in [-0.2, 0) is 13.1 Å². The lowest BCUT2D eigenvalue weighted by atomic mass is 10.0. The van der Waals surface area contributed by atoms with Crippen LogP contribution in [0.1, 0.15) is 27.0 Å². The molecule has 150 valence electrons. The monoisotopic (exact) mass is 481 g/mol. The molecule has 6 heteroatoms. The Labute approximate surface area is 187 Å². The maximum atomic E-state index is 12.9. The van der Waals surface area contributed by atoms with Gasteiger partial charge in [-0.15, -0.1) is 0 Å². The fourth-order valence-corrected chi connectivity index (χ4v) is 4.30. The number of fused-ring (bicyclic) bond motifs is 3. The van der Waals surface area contributed by atoms with Crippen molar-refractivity contribution in [3.63, 3.8) is 0 Å². The molecule has 2 heterocycles. The van der Waals surface area contributed by atoms with E-state index in [1.807, 2.05) is 54.6 Å². The number of benzene rings is 3. The number of nitrogens with zero attached hydrogens (tertiary/aromatic N) is 1. The SMILES string of the molecule is O=C1/C(=C/c2ccccc2Br)Oc2c1ccc1c2CN(Cc2ccccc2Cl)CO1. The first-order valence-electron chi connectivity index (χ1n) is 9.53. The predicted molar refractivity (Wildman–Crippen MR) is 120 cm³/mol. The Morgan fingerprint density at radius 2 is 1.87 bits per heavy atom. The second-order valence-corrected chi connectivity index (χ2v) is 8.49. The summed E-state index contributed by atoms with van der Waals surface area (Å²) < 4.78 is 12.9. The van der Waals surface area contributed by atoms with Crippen LogP contribution in [-0.4, -0.2) is 17.4 Å². The van der Waals surface area contributed by atoms with Gasteiger partial charge in [0.1, 0.15) is 18.2 Å². The molecule has 0 atom stereocenters. The Morgan fingerprint density at radius 1 is 1.07 bits per heavy atom. The molecular weight excluding hydrogens is 466 g/mol. The minimum atomic E-state index is -0.119. The van der Waals surface area contributed by atoms with Gasteiger partial charge in [-0.1, -0.05) is 63.9 Å². The molecule has 4 nitrogen and oxygen atoms in total. The van der Waals surface area contributed by atoms with Crippen molar-refractivity contribution in [1.29, 1.82) is 0 Å². The number of hydrogen-bond donors (Lipinski definition) is 0. The van der Waals surface area contributed by atoms with Crippen molar-refractivity contribution in [3.8, 4) is 11.5 Å². The third-order valence-electron chi connectivity index (χ3n) is 5.23. The van der Waals surface area contributed by atoms with E-state index < -0.39 is 0 Å². The van der Waals surface area contributed by atoms with E-state index in [1.54, 1.807) is 12.1 Å². The van der Waals surface area contributed by atoms with Gasteiger partial charge in [0.2, 0.25) is 5.78 Å². The largest absolute Gasteiger partial charge is 0.478 e. The molecule has 0 aliphatic carbocycles. The quantitative estimate of drug-likeness (QED) is 0.425. The molecule has 0 fully saturated rings. The molecule has 0 aromatic heterocycles. The molecule has 0 bridgehead atoms. The Balaban J connectivity index is 1.45. The highest BCUT2D eigenvalue weighted by atomic mass is 79.9. The highest BCUT2D eigenvalue weighted by Crippen LogP contribution is 2.42. The van der Waals surface area contributed by atoms with Gasteiger partial charge in [-0.3, -0.25) is 9.69 Å². The zero-order valence-electron chi connectivity index (χ0n) is 15.9. The molecule has 2 aliphatic rings. The second-order valence-electron chi connectivity index (χ2n) is 7.23. The van der Waals surface area contributed by atoms with Crippen LogP contribution >= 0.6 is 27.5 Å². The first-order chi connectivity index (χ1) is 14.6. The van der Waals surface area contributed by atoms with E-state index in [-0.39, 0.29) is 5.78 Å². The minimum absolute atomic E-state index is 0.119. The van der Waals surface area contributed by atoms with Gasteiger partial charge in [-0.25, -0.2) is 0 Å². The molecule has 2 aliphatic heterocycles. The lowest BCUT2D eigenvalue weighted by Gasteiger charge is -2.30. The second kappa shape index (κ2) is 7.91. The normalized spacial score (nSPS) is 16.7. The molecule has 0 spiro atoms. The number of allylic oxidation sites excluding steroid dienone is 1. The van der Waals surface area contributed by atoms with Crippen molar-refractivity contribution in [2.45, 2.75) is 13.1 Å². The summed E-state index contributed by atoms with van der Waals surface area (Å²) in [4.78, 5) is 15.1. The molecule has 0 unspecified atom stereocenters. The average Bonchev–Trinajstić information content (AvgIpc) is 3.07. The van der Waals surface area contributed by atoms with Crippen LogP contribution in [0.2, 0.25) is 5.02 Å². The van der Waals surface area contributed by atoms with E-state index in [9.17, 15) is 4.79 Å². The Kier molecular flexibility index (Phi) is 5.11. The van der Waals surface area contributed by atoms with Crippen LogP contribution in [0.15, 0.2) is 70.9 Å². The molecular formula is C24H17BrClNO3. The summed E-state index contributed by atoms with van der Waals surface area (Å²) in [5, 5.41) is 0.728. The molecule has 0 amide bonds. The first-order valence-corrected chi connectivity index (χ1v) is 10.7. The number of carbonyl (C=O) groups is 1. The van der Waals surface area contributed by atoms with E-state index in [4.69, 9.17) is 21.1 Å². The maximum absolute atomic E-state index is 12.9. The third kappa shape index (κ3) is 3.54. The van der Waals surface area contributed by atoms with Crippen molar-refractivity contribution in [2.75, 3.05) is 6.73 Å². The highest BCUT2D eigenvalue weighted by Gasteiger charge is 2.33. The van der Waals surface area contributed by atoms with Gasteiger partial charge in [0.15, 0.2) is 5.76 Å². The Hall–Kier alpha value is -2.60. The smallest absolute Gasteiger partial charge is 0.231 e. The van der Waals surface area contributed by atoms with Crippen LogP contribution in [0, 0.1) is 0 Å². The summed E-state index contributed by atoms with van der Waals surface area (Å²) >= 11 is 9.83. The van der Waals surface area contributed by atoms with Gasteiger partial charge in [0.25, 0.3) is 0 Å². The number of ketones is 1. The zero-order chi connectivity index (χ0) is 20.7. The average molecular weight is 483 g/mol. The number of hydrogen-bond acceptors (Lipinski definition) is 4. The summed E-state index contributed by atoms with van der Waals surface area (Å²) in [6, 6.07) is 19.1. The van der Waals surface area contributed by atoms with E-state index in [2.05, 4.69) is 20.8 Å². The van der Waals surface area contributed by atoms with Gasteiger partial charge in [-0.2, -0.15) is 0 Å². The van der Waals surface area contributed by atoms with Gasteiger partial charge in [-0.05, 0) is 41.5 Å². The van der Waals surface area contributed by atoms with Crippen LogP contribution in [0.4, 0.5) is 0 Å². The Morgan fingerprint density at radius 3 is 2.70 bits per heavy atom. The van der Waals surface area contributed by atoms with Crippen molar-refractivity contribution in [1.82, 2.24) is 4.90 Å². The predicted octanol–water partition coefficient (Wildman–Crippen LogP) is 6.07. The third-order valence-corrected chi connectivity index (χ3v) is 6.32. The summed E-state index contributed by atoms with van der Waals surface area (Å²) in [7, 11) is 0. The number of halogens is 2. The minimum Gasteiger partial charge on any atom is -0.478 e. The topological polar surface area (TPSA) is 38.8 Å². The van der Waals surface area contributed by atoms with Crippen LogP contribution in [0.3, 0.4) is 0 Å². The van der Waals surface area contributed by atoms with Crippen molar-refractivity contribution in [3.05, 3.63) is 98.2 Å². The zero-order valence-corrected chi connectivity index (χ0v) is 18.2. The molecule has 3 aromatic rings. The van der Waals surface area contributed by atoms with E-state index in [0.717, 1.165) is 31.9 Å². The summed E-state index contributed by atoms with van der Waals surface area (Å²) in [5.74, 6) is 1.53. The van der Waals surface area contributed by atoms with Crippen LogP contribution < -0.4 is 9.47 Å². The highest BCUT2D eigenvalue weighted by molar-refractivity contribution is 9.10. The first kappa shape index (κ1) is 19.4. The molecule has 0 saturated heterocycles. The number of carbonyl (C=O) groups excluding carboxylic acids is 1. The summed E-state index contributed by atoms with van der Waals surface area (Å²) in [5.41, 5.74) is 3.37. The maximum Gasteiger partial charge on any atom is 0.231 e. The van der Waals surface area contributed by atoms with Crippen molar-refractivity contribution in [2.24, 2.45) is 0 Å². The summed E-state index contributed by atoms with van der Waals surface area (Å²) in [6.45, 7) is 1.71. The fourth-order valence-electron chi connectivity index (χ4n) is 3.71. The van der Waals surface area contributed by atoms with Crippen molar-refractivity contribution >= 4 is 39.4 Å². The van der Waals surface area contributed by atoms with Crippen molar-refractivity contribution < 1.29 is 14.3 Å². The van der Waals surface area contributed by atoms with Gasteiger partial charge in [0, 0.05) is 22.6 Å². The lowest BCUT2D eigenvalue weighted by molar-refractivity contribution is 0.0873. The molecule has 3 aromatic carbocycles. The van der Waals surface area contributed by atoms with E-state index >= 15 is 0 Å². The lowest BCUT2D eigenvalue weighted by Crippen LogP contribution is -2.31. The fraction of sp³-hybridized carbons (Fsp3) is 0.125. The Bertz CT molecular complexity index is 1190. The standard InChI is InChI=1S/C24H17BrClNO3/c25-19-7-3-1-5-15(19)11-22-23(28)17-9-10-21-18(24(17)30-22)13-27(14-29-21)12-16-6-2-4-8-20(16)26/h1-11H,12-14H2/b22-11-. The van der Waals surface area contributed by atoms with E-state index in [1.165, 1.54) is 0 Å². The van der Waals surface area contributed by atoms with Gasteiger partial charge >= 0.3 is 0 Å². The van der Waals surface area contributed by atoms with E-state index in [0.29, 0.717) is 36.9 Å². The number of ether oxygens (including phenoxy) is 2. The number of Topliss-reactive ketones (excluding diaryl/α,β-unsaturated/α-hetero) is 1. The van der Waals surface area contributed by atoms with Gasteiger partial charge in [0.05, 0.1) is 11.1 Å². The summed E-state index contributed by atoms with van der Waals surface area (Å²) in [6.07, 6.45) is 1.77. The molecule has 0 saturated carbocycles. The van der Waals surface area contributed by atoms with Gasteiger partial charge < -0.3 is 9.47 Å².